The van der Waals surface area contributed by atoms with Crippen molar-refractivity contribution in [1.29, 1.82) is 0 Å². The van der Waals surface area contributed by atoms with Crippen LogP contribution in [0.25, 0.3) is 0 Å². The van der Waals surface area contributed by atoms with Gasteiger partial charge in [-0.1, -0.05) is 48.9 Å². The zero-order valence-electron chi connectivity index (χ0n) is 11.3. The second-order valence-corrected chi connectivity index (χ2v) is 5.53. The number of hydrogen-bond donors (Lipinski definition) is 0. The van der Waals surface area contributed by atoms with E-state index < -0.39 is 0 Å². The summed E-state index contributed by atoms with van der Waals surface area (Å²) in [5.74, 6) is -0.0711. The average Bonchev–Trinajstić information content (AvgIpc) is 2.38. The lowest BCUT2D eigenvalue weighted by Crippen LogP contribution is -2.43. The molecule has 0 atom stereocenters. The molecular weight excluding hydrogens is 251 g/mol. The first-order valence-corrected chi connectivity index (χ1v) is 7.04. The maximum atomic E-state index is 13.2. The highest BCUT2D eigenvalue weighted by atomic mass is 19.1. The second-order valence-electron chi connectivity index (χ2n) is 5.53. The molecule has 1 aliphatic carbocycles. The van der Waals surface area contributed by atoms with Crippen LogP contribution in [-0.4, -0.2) is 5.78 Å². The molecule has 102 valence electrons. The number of rotatable bonds is 4. The van der Waals surface area contributed by atoms with Crippen LogP contribution in [0.4, 0.5) is 4.39 Å². The summed E-state index contributed by atoms with van der Waals surface area (Å²) in [7, 11) is 0. The highest BCUT2D eigenvalue weighted by Gasteiger charge is 2.44. The van der Waals surface area contributed by atoms with E-state index in [2.05, 4.69) is 0 Å². The van der Waals surface area contributed by atoms with E-state index in [0.29, 0.717) is 6.42 Å². The zero-order valence-corrected chi connectivity index (χ0v) is 11.3. The van der Waals surface area contributed by atoms with Gasteiger partial charge in [0.15, 0.2) is 0 Å². The van der Waals surface area contributed by atoms with Crippen molar-refractivity contribution >= 4 is 5.78 Å². The minimum absolute atomic E-state index is 0.209. The van der Waals surface area contributed by atoms with Gasteiger partial charge in [-0.3, -0.25) is 4.79 Å². The number of halogens is 1. The fourth-order valence-electron chi connectivity index (χ4n) is 3.02. The molecule has 0 spiro atoms. The third-order valence-electron chi connectivity index (χ3n) is 4.32. The van der Waals surface area contributed by atoms with Crippen LogP contribution in [-0.2, 0) is 16.6 Å². The van der Waals surface area contributed by atoms with E-state index in [1.807, 2.05) is 36.4 Å². The summed E-state index contributed by atoms with van der Waals surface area (Å²) in [4.78, 5) is 12.7. The van der Waals surface area contributed by atoms with Gasteiger partial charge >= 0.3 is 0 Å². The predicted octanol–water partition coefficient (Wildman–Crippen LogP) is 4.06. The first-order chi connectivity index (χ1) is 9.71. The monoisotopic (exact) mass is 268 g/mol. The van der Waals surface area contributed by atoms with Crippen LogP contribution >= 0.6 is 0 Å². The Morgan fingerprint density at radius 3 is 2.40 bits per heavy atom. The van der Waals surface area contributed by atoms with E-state index in [4.69, 9.17) is 0 Å². The van der Waals surface area contributed by atoms with Crippen molar-refractivity contribution in [3.8, 4) is 0 Å². The topological polar surface area (TPSA) is 17.1 Å². The third kappa shape index (κ3) is 2.26. The van der Waals surface area contributed by atoms with Crippen molar-refractivity contribution < 1.29 is 9.18 Å². The van der Waals surface area contributed by atoms with Gasteiger partial charge < -0.3 is 0 Å². The van der Waals surface area contributed by atoms with Gasteiger partial charge in [-0.2, -0.15) is 0 Å². The molecule has 2 heteroatoms. The molecule has 1 aliphatic rings. The molecule has 3 rings (SSSR count). The molecular formula is C18H17FO. The maximum absolute atomic E-state index is 13.2. The fourth-order valence-corrected chi connectivity index (χ4v) is 3.02. The molecule has 2 aromatic carbocycles. The lowest BCUT2D eigenvalue weighted by atomic mass is 9.61. The van der Waals surface area contributed by atoms with Crippen LogP contribution in [0.3, 0.4) is 0 Å². The lowest BCUT2D eigenvalue weighted by Gasteiger charge is -2.41. The summed E-state index contributed by atoms with van der Waals surface area (Å²) < 4.78 is 13.2. The average molecular weight is 268 g/mol. The molecule has 0 aromatic heterocycles. The standard InChI is InChI=1S/C18H17FO/c19-16-9-4-6-14(12-16)13-17(20)18(10-5-11-18)15-7-2-1-3-8-15/h1-4,6-9,12H,5,10-11,13H2. The van der Waals surface area contributed by atoms with Gasteiger partial charge in [-0.15, -0.1) is 0 Å². The SMILES string of the molecule is O=C(Cc1cccc(F)c1)C1(c2ccccc2)CCC1. The first-order valence-electron chi connectivity index (χ1n) is 7.04. The van der Waals surface area contributed by atoms with Gasteiger partial charge in [0.25, 0.3) is 0 Å². The molecule has 0 saturated heterocycles. The van der Waals surface area contributed by atoms with Crippen LogP contribution in [0.5, 0.6) is 0 Å². The van der Waals surface area contributed by atoms with Gasteiger partial charge in [0, 0.05) is 6.42 Å². The minimum Gasteiger partial charge on any atom is -0.298 e. The van der Waals surface area contributed by atoms with Crippen molar-refractivity contribution in [3.05, 3.63) is 71.5 Å². The predicted molar refractivity (Wildman–Crippen MR) is 77.1 cm³/mol. The minimum atomic E-state index is -0.340. The van der Waals surface area contributed by atoms with Crippen molar-refractivity contribution in [2.45, 2.75) is 31.1 Å². The molecule has 0 unspecified atom stereocenters. The number of carbonyl (C=O) groups excluding carboxylic acids is 1. The quantitative estimate of drug-likeness (QED) is 0.817. The Morgan fingerprint density at radius 1 is 1.05 bits per heavy atom. The Morgan fingerprint density at radius 2 is 1.80 bits per heavy atom. The van der Waals surface area contributed by atoms with E-state index in [1.54, 1.807) is 6.07 Å². The normalized spacial score (nSPS) is 16.4. The number of hydrogen-bond acceptors (Lipinski definition) is 1. The number of ketones is 1. The van der Waals surface area contributed by atoms with E-state index in [-0.39, 0.29) is 17.0 Å². The molecule has 0 N–H and O–H groups in total. The number of carbonyl (C=O) groups is 1. The molecule has 1 nitrogen and oxygen atoms in total. The Hall–Kier alpha value is -1.96. The van der Waals surface area contributed by atoms with Crippen LogP contribution in [0, 0.1) is 5.82 Å². The van der Waals surface area contributed by atoms with Crippen LogP contribution in [0.15, 0.2) is 54.6 Å². The fraction of sp³-hybridized carbons (Fsp3) is 0.278. The third-order valence-corrected chi connectivity index (χ3v) is 4.32. The van der Waals surface area contributed by atoms with Gasteiger partial charge in [0.05, 0.1) is 5.41 Å². The van der Waals surface area contributed by atoms with Gasteiger partial charge in [0.2, 0.25) is 0 Å². The lowest BCUT2D eigenvalue weighted by molar-refractivity contribution is -0.127. The van der Waals surface area contributed by atoms with Gasteiger partial charge in [-0.25, -0.2) is 4.39 Å². The van der Waals surface area contributed by atoms with E-state index >= 15 is 0 Å². The summed E-state index contributed by atoms with van der Waals surface area (Å²) in [5, 5.41) is 0. The zero-order chi connectivity index (χ0) is 14.0. The van der Waals surface area contributed by atoms with Crippen molar-refractivity contribution in [1.82, 2.24) is 0 Å². The molecule has 1 fully saturated rings. The van der Waals surface area contributed by atoms with Crippen molar-refractivity contribution in [2.24, 2.45) is 0 Å². The first kappa shape index (κ1) is 13.0. The Labute approximate surface area is 118 Å². The highest BCUT2D eigenvalue weighted by Crippen LogP contribution is 2.45. The van der Waals surface area contributed by atoms with Gasteiger partial charge in [0.1, 0.15) is 11.6 Å². The van der Waals surface area contributed by atoms with E-state index in [9.17, 15) is 9.18 Å². The molecule has 20 heavy (non-hydrogen) atoms. The summed E-state index contributed by atoms with van der Waals surface area (Å²) >= 11 is 0. The van der Waals surface area contributed by atoms with Crippen LogP contribution in [0.1, 0.15) is 30.4 Å². The summed E-state index contributed by atoms with van der Waals surface area (Å²) in [6.45, 7) is 0. The number of benzene rings is 2. The Balaban J connectivity index is 1.85. The van der Waals surface area contributed by atoms with Crippen LogP contribution in [0.2, 0.25) is 0 Å². The molecule has 0 amide bonds. The molecule has 0 radical (unpaired) electrons. The summed E-state index contributed by atoms with van der Waals surface area (Å²) in [6.07, 6.45) is 3.22. The van der Waals surface area contributed by atoms with Crippen LogP contribution < -0.4 is 0 Å². The largest absolute Gasteiger partial charge is 0.298 e. The maximum Gasteiger partial charge on any atom is 0.147 e. The summed E-state index contributed by atoms with van der Waals surface area (Å²) in [6, 6.07) is 16.3. The van der Waals surface area contributed by atoms with E-state index in [0.717, 1.165) is 30.4 Å². The van der Waals surface area contributed by atoms with Crippen molar-refractivity contribution in [3.63, 3.8) is 0 Å². The molecule has 1 saturated carbocycles. The molecule has 0 bridgehead atoms. The highest BCUT2D eigenvalue weighted by molar-refractivity contribution is 5.92. The second kappa shape index (κ2) is 5.20. The molecule has 0 heterocycles. The Bertz CT molecular complexity index is 614. The van der Waals surface area contributed by atoms with Crippen molar-refractivity contribution in [2.75, 3.05) is 0 Å². The Kier molecular flexibility index (Phi) is 3.39. The van der Waals surface area contributed by atoms with Gasteiger partial charge in [-0.05, 0) is 36.1 Å². The molecule has 2 aromatic rings. The summed E-state index contributed by atoms with van der Waals surface area (Å²) in [5.41, 5.74) is 1.53. The number of Topliss-reactive ketones (excluding diaryl/α,β-unsaturated/α-hetero) is 1. The molecule has 0 aliphatic heterocycles. The smallest absolute Gasteiger partial charge is 0.147 e. The van der Waals surface area contributed by atoms with E-state index in [1.165, 1.54) is 12.1 Å².